The maximum atomic E-state index is 12.3. The number of sulfonamides is 1. The first kappa shape index (κ1) is 15.2. The number of alkyl halides is 2. The fourth-order valence-corrected chi connectivity index (χ4v) is 3.08. The van der Waals surface area contributed by atoms with Crippen LogP contribution in [0.3, 0.4) is 0 Å². The summed E-state index contributed by atoms with van der Waals surface area (Å²) in [6, 6.07) is 1.24. The second kappa shape index (κ2) is 6.37. The Labute approximate surface area is 108 Å². The second-order valence-corrected chi connectivity index (χ2v) is 5.60. The van der Waals surface area contributed by atoms with Crippen LogP contribution in [0.4, 0.5) is 8.78 Å². The summed E-state index contributed by atoms with van der Waals surface area (Å²) >= 11 is 5.69. The van der Waals surface area contributed by atoms with Gasteiger partial charge in [0.1, 0.15) is 4.90 Å². The first-order chi connectivity index (χ1) is 8.39. The van der Waals surface area contributed by atoms with Gasteiger partial charge in [-0.25, -0.2) is 17.2 Å². The summed E-state index contributed by atoms with van der Waals surface area (Å²) in [6.07, 6.45) is -0.583. The van der Waals surface area contributed by atoms with E-state index in [9.17, 15) is 17.2 Å². The van der Waals surface area contributed by atoms with Gasteiger partial charge in [0.15, 0.2) is 0 Å². The number of rotatable bonds is 6. The van der Waals surface area contributed by atoms with Gasteiger partial charge < -0.3 is 5.11 Å². The van der Waals surface area contributed by atoms with Gasteiger partial charge in [-0.15, -0.1) is 0 Å². The quantitative estimate of drug-likeness (QED) is 0.850. The van der Waals surface area contributed by atoms with Crippen molar-refractivity contribution in [3.05, 3.63) is 23.5 Å². The fraction of sp³-hybridized carbons (Fsp3) is 0.444. The van der Waals surface area contributed by atoms with Gasteiger partial charge in [-0.2, -0.15) is 4.31 Å². The minimum atomic E-state index is -4.19. The molecule has 1 N–H and O–H groups in total. The zero-order valence-corrected chi connectivity index (χ0v) is 10.7. The van der Waals surface area contributed by atoms with Crippen LogP contribution in [0.2, 0.25) is 5.02 Å². The van der Waals surface area contributed by atoms with Crippen molar-refractivity contribution in [1.29, 1.82) is 0 Å². The largest absolute Gasteiger partial charge is 0.395 e. The summed E-state index contributed by atoms with van der Waals surface area (Å²) in [7, 11) is -4.19. The molecule has 0 aromatic carbocycles. The van der Waals surface area contributed by atoms with E-state index in [1.54, 1.807) is 0 Å². The molecule has 0 fully saturated rings. The molecule has 0 saturated heterocycles. The lowest BCUT2D eigenvalue weighted by Crippen LogP contribution is -2.37. The van der Waals surface area contributed by atoms with Crippen molar-refractivity contribution in [3.8, 4) is 0 Å². The molecule has 1 heterocycles. The Kier molecular flexibility index (Phi) is 5.39. The molecule has 1 aromatic heterocycles. The normalized spacial score (nSPS) is 12.3. The minimum absolute atomic E-state index is 0.109. The van der Waals surface area contributed by atoms with Crippen LogP contribution in [0.15, 0.2) is 23.4 Å². The van der Waals surface area contributed by atoms with E-state index >= 15 is 0 Å². The van der Waals surface area contributed by atoms with Crippen LogP contribution in [0.5, 0.6) is 0 Å². The Morgan fingerprint density at radius 2 is 2.17 bits per heavy atom. The summed E-state index contributed by atoms with van der Waals surface area (Å²) < 4.78 is 49.2. The molecule has 18 heavy (non-hydrogen) atoms. The Bertz CT molecular complexity index is 498. The van der Waals surface area contributed by atoms with Crippen molar-refractivity contribution in [1.82, 2.24) is 9.29 Å². The molecule has 0 aliphatic carbocycles. The third-order valence-electron chi connectivity index (χ3n) is 2.04. The highest BCUT2D eigenvalue weighted by Gasteiger charge is 2.28. The SMILES string of the molecule is O=S(=O)(c1cnccc1Cl)N(CCO)CC(F)F. The van der Waals surface area contributed by atoms with Crippen LogP contribution < -0.4 is 0 Å². The molecule has 0 amide bonds. The lowest BCUT2D eigenvalue weighted by molar-refractivity contribution is 0.113. The summed E-state index contributed by atoms with van der Waals surface area (Å²) in [4.78, 5) is 3.23. The van der Waals surface area contributed by atoms with Crippen molar-refractivity contribution in [2.24, 2.45) is 0 Å². The molecule has 0 aliphatic rings. The highest BCUT2D eigenvalue weighted by molar-refractivity contribution is 7.89. The average molecular weight is 301 g/mol. The van der Waals surface area contributed by atoms with Crippen LogP contribution in [-0.4, -0.2) is 48.9 Å². The number of hydrogen-bond donors (Lipinski definition) is 1. The molecule has 0 spiro atoms. The van der Waals surface area contributed by atoms with E-state index in [0.717, 1.165) is 6.20 Å². The predicted molar refractivity (Wildman–Crippen MR) is 61.1 cm³/mol. The van der Waals surface area contributed by atoms with Gasteiger partial charge in [0.05, 0.1) is 18.2 Å². The summed E-state index contributed by atoms with van der Waals surface area (Å²) in [5.74, 6) is 0. The lowest BCUT2D eigenvalue weighted by Gasteiger charge is -2.21. The van der Waals surface area contributed by atoms with Crippen molar-refractivity contribution >= 4 is 21.6 Å². The van der Waals surface area contributed by atoms with E-state index in [0.29, 0.717) is 4.31 Å². The Hall–Kier alpha value is -0.830. The Morgan fingerprint density at radius 1 is 1.50 bits per heavy atom. The first-order valence-electron chi connectivity index (χ1n) is 4.88. The van der Waals surface area contributed by atoms with Crippen molar-refractivity contribution in [2.75, 3.05) is 19.7 Å². The topological polar surface area (TPSA) is 70.5 Å². The third kappa shape index (κ3) is 3.58. The molecular formula is C9H11ClF2N2O3S. The van der Waals surface area contributed by atoms with Gasteiger partial charge in [-0.05, 0) is 6.07 Å². The fourth-order valence-electron chi connectivity index (χ4n) is 1.27. The van der Waals surface area contributed by atoms with Gasteiger partial charge in [0, 0.05) is 18.9 Å². The molecule has 0 saturated carbocycles. The second-order valence-electron chi connectivity index (χ2n) is 3.28. The van der Waals surface area contributed by atoms with Crippen LogP contribution in [0.1, 0.15) is 0 Å². The first-order valence-corrected chi connectivity index (χ1v) is 6.70. The molecule has 0 radical (unpaired) electrons. The molecule has 0 aliphatic heterocycles. The van der Waals surface area contributed by atoms with Crippen LogP contribution in [-0.2, 0) is 10.0 Å². The molecule has 1 aromatic rings. The highest BCUT2D eigenvalue weighted by atomic mass is 35.5. The standard InChI is InChI=1S/C9H11ClF2N2O3S/c10-7-1-2-13-5-8(7)18(16,17)14(3-4-15)6-9(11)12/h1-2,5,9,15H,3-4,6H2. The van der Waals surface area contributed by atoms with Crippen molar-refractivity contribution in [3.63, 3.8) is 0 Å². The zero-order chi connectivity index (χ0) is 13.8. The monoisotopic (exact) mass is 300 g/mol. The number of aliphatic hydroxyl groups excluding tert-OH is 1. The van der Waals surface area contributed by atoms with Crippen LogP contribution in [0, 0.1) is 0 Å². The number of aromatic nitrogens is 1. The molecular weight excluding hydrogens is 290 g/mol. The van der Waals surface area contributed by atoms with E-state index in [1.165, 1.54) is 12.3 Å². The number of hydrogen-bond acceptors (Lipinski definition) is 4. The van der Waals surface area contributed by atoms with Gasteiger partial charge in [-0.1, -0.05) is 11.6 Å². The van der Waals surface area contributed by atoms with Gasteiger partial charge in [0.2, 0.25) is 10.0 Å². The number of aliphatic hydroxyl groups is 1. The lowest BCUT2D eigenvalue weighted by atomic mass is 10.5. The van der Waals surface area contributed by atoms with E-state index in [1.807, 2.05) is 0 Å². The Morgan fingerprint density at radius 3 is 2.67 bits per heavy atom. The molecule has 0 bridgehead atoms. The van der Waals surface area contributed by atoms with Crippen LogP contribution >= 0.6 is 11.6 Å². The number of halogens is 3. The van der Waals surface area contributed by atoms with Crippen LogP contribution in [0.25, 0.3) is 0 Å². The summed E-state index contributed by atoms with van der Waals surface area (Å²) in [5, 5.41) is 8.62. The van der Waals surface area contributed by atoms with Gasteiger partial charge in [0.25, 0.3) is 6.43 Å². The zero-order valence-electron chi connectivity index (χ0n) is 9.13. The molecule has 102 valence electrons. The van der Waals surface area contributed by atoms with E-state index in [4.69, 9.17) is 16.7 Å². The molecule has 5 nitrogen and oxygen atoms in total. The number of nitrogens with zero attached hydrogens (tertiary/aromatic N) is 2. The average Bonchev–Trinajstić information content (AvgIpc) is 2.28. The van der Waals surface area contributed by atoms with E-state index in [-0.39, 0.29) is 9.92 Å². The highest BCUT2D eigenvalue weighted by Crippen LogP contribution is 2.23. The maximum Gasteiger partial charge on any atom is 0.252 e. The van der Waals surface area contributed by atoms with Crippen molar-refractivity contribution in [2.45, 2.75) is 11.3 Å². The molecule has 1 rings (SSSR count). The molecule has 0 unspecified atom stereocenters. The van der Waals surface area contributed by atoms with E-state index < -0.39 is 36.1 Å². The maximum absolute atomic E-state index is 12.3. The third-order valence-corrected chi connectivity index (χ3v) is 4.38. The van der Waals surface area contributed by atoms with Crippen molar-refractivity contribution < 1.29 is 22.3 Å². The minimum Gasteiger partial charge on any atom is -0.395 e. The Balaban J connectivity index is 3.13. The smallest absolute Gasteiger partial charge is 0.252 e. The summed E-state index contributed by atoms with van der Waals surface area (Å²) in [5.41, 5.74) is 0. The number of pyridine rings is 1. The summed E-state index contributed by atoms with van der Waals surface area (Å²) in [6.45, 7) is -2.00. The predicted octanol–water partition coefficient (Wildman–Crippen LogP) is 0.983. The van der Waals surface area contributed by atoms with Gasteiger partial charge >= 0.3 is 0 Å². The van der Waals surface area contributed by atoms with E-state index in [2.05, 4.69) is 4.98 Å². The molecule has 9 heteroatoms. The van der Waals surface area contributed by atoms with Gasteiger partial charge in [-0.3, -0.25) is 4.98 Å². The molecule has 0 atom stereocenters.